The molecule has 3 N–H and O–H groups in total. The summed E-state index contributed by atoms with van der Waals surface area (Å²) in [5.74, 6) is 0. The van der Waals surface area contributed by atoms with Crippen molar-refractivity contribution in [2.45, 2.75) is 31.8 Å². The lowest BCUT2D eigenvalue weighted by atomic mass is 10.0. The van der Waals surface area contributed by atoms with Gasteiger partial charge in [0.15, 0.2) is 0 Å². The first kappa shape index (κ1) is 20.0. The summed E-state index contributed by atoms with van der Waals surface area (Å²) in [6, 6.07) is 17.7. The van der Waals surface area contributed by atoms with E-state index in [4.69, 9.17) is 5.11 Å². The van der Waals surface area contributed by atoms with Gasteiger partial charge in [-0.1, -0.05) is 54.6 Å². The van der Waals surface area contributed by atoms with Crippen molar-refractivity contribution in [2.24, 2.45) is 0 Å². The maximum absolute atomic E-state index is 10.4. The largest absolute Gasteiger partial charge is 0.392 e. The Hall–Kier alpha value is -1.76. The van der Waals surface area contributed by atoms with E-state index in [1.165, 1.54) is 5.56 Å². The van der Waals surface area contributed by atoms with Crippen molar-refractivity contribution in [3.8, 4) is 0 Å². The summed E-state index contributed by atoms with van der Waals surface area (Å²) in [5, 5.41) is 29.8. The quantitative estimate of drug-likeness (QED) is 0.661. The van der Waals surface area contributed by atoms with Gasteiger partial charge in [0.05, 0.1) is 18.8 Å². The molecule has 146 valence electrons. The number of hydrogen-bond donors (Lipinski definition) is 3. The number of β-amino-alcohol motifs (C(OH)–C–C–N with tert-alkyl or cyclic N) is 1. The van der Waals surface area contributed by atoms with Crippen LogP contribution in [0.25, 0.3) is 0 Å². The number of piperazine rings is 1. The molecule has 0 radical (unpaired) electrons. The monoisotopic (exact) mass is 370 g/mol. The fourth-order valence-corrected chi connectivity index (χ4v) is 3.58. The molecule has 2 aromatic rings. The molecule has 1 saturated heterocycles. The Morgan fingerprint density at radius 2 is 1.41 bits per heavy atom. The maximum atomic E-state index is 10.4. The van der Waals surface area contributed by atoms with Gasteiger partial charge in [-0.2, -0.15) is 0 Å². The zero-order valence-corrected chi connectivity index (χ0v) is 15.7. The van der Waals surface area contributed by atoms with Crippen LogP contribution in [0.5, 0.6) is 0 Å². The first-order valence-electron chi connectivity index (χ1n) is 9.68. The van der Waals surface area contributed by atoms with Crippen molar-refractivity contribution in [2.75, 3.05) is 32.7 Å². The second kappa shape index (κ2) is 9.97. The number of benzene rings is 2. The predicted molar refractivity (Wildman–Crippen MR) is 106 cm³/mol. The second-order valence-electron chi connectivity index (χ2n) is 7.37. The lowest BCUT2D eigenvalue weighted by molar-refractivity contribution is 0.0362. The van der Waals surface area contributed by atoms with E-state index in [9.17, 15) is 10.2 Å². The molecule has 1 heterocycles. The first-order valence-corrected chi connectivity index (χ1v) is 9.68. The van der Waals surface area contributed by atoms with E-state index >= 15 is 0 Å². The van der Waals surface area contributed by atoms with E-state index in [1.807, 2.05) is 18.2 Å². The molecule has 5 heteroatoms. The van der Waals surface area contributed by atoms with E-state index in [2.05, 4.69) is 34.1 Å². The molecule has 0 amide bonds. The van der Waals surface area contributed by atoms with Gasteiger partial charge in [0.1, 0.15) is 0 Å². The molecule has 2 aromatic carbocycles. The van der Waals surface area contributed by atoms with Crippen LogP contribution in [0.15, 0.2) is 54.6 Å². The van der Waals surface area contributed by atoms with Gasteiger partial charge in [-0.05, 0) is 16.7 Å². The molecule has 0 aliphatic carbocycles. The Morgan fingerprint density at radius 3 is 2.04 bits per heavy atom. The smallest absolute Gasteiger partial charge is 0.0815 e. The van der Waals surface area contributed by atoms with Crippen molar-refractivity contribution in [3.05, 3.63) is 71.3 Å². The Balaban J connectivity index is 1.40. The zero-order valence-electron chi connectivity index (χ0n) is 15.7. The molecule has 1 aliphatic heterocycles. The van der Waals surface area contributed by atoms with E-state index in [0.29, 0.717) is 13.0 Å². The SMILES string of the molecule is OCc1ccc(C(O)CC(O)CN2CCN(Cc3ccccc3)CC2)cc1. The van der Waals surface area contributed by atoms with Crippen molar-refractivity contribution in [1.29, 1.82) is 0 Å². The van der Waals surface area contributed by atoms with Crippen LogP contribution in [0.3, 0.4) is 0 Å². The molecule has 27 heavy (non-hydrogen) atoms. The van der Waals surface area contributed by atoms with E-state index < -0.39 is 12.2 Å². The van der Waals surface area contributed by atoms with Gasteiger partial charge in [-0.25, -0.2) is 0 Å². The van der Waals surface area contributed by atoms with Crippen molar-refractivity contribution >= 4 is 0 Å². The Labute approximate surface area is 161 Å². The van der Waals surface area contributed by atoms with Crippen LogP contribution in [0.1, 0.15) is 29.2 Å². The van der Waals surface area contributed by atoms with E-state index in [1.54, 1.807) is 12.1 Å². The standard InChI is InChI=1S/C22H30N2O3/c25-17-19-6-8-20(9-7-19)22(27)14-21(26)16-24-12-10-23(11-13-24)15-18-4-2-1-3-5-18/h1-9,21-22,25-27H,10-17H2. The molecule has 5 nitrogen and oxygen atoms in total. The number of rotatable bonds is 8. The van der Waals surface area contributed by atoms with Gasteiger partial charge >= 0.3 is 0 Å². The van der Waals surface area contributed by atoms with Gasteiger partial charge in [0, 0.05) is 45.7 Å². The number of aliphatic hydroxyl groups excluding tert-OH is 3. The van der Waals surface area contributed by atoms with E-state index in [-0.39, 0.29) is 6.61 Å². The van der Waals surface area contributed by atoms with Gasteiger partial charge in [0.25, 0.3) is 0 Å². The summed E-state index contributed by atoms with van der Waals surface area (Å²) in [6.07, 6.45) is -0.923. The molecule has 1 aliphatic rings. The fraction of sp³-hybridized carbons (Fsp3) is 0.455. The number of hydrogen-bond acceptors (Lipinski definition) is 5. The minimum atomic E-state index is -0.688. The molecule has 2 atom stereocenters. The number of nitrogens with zero attached hydrogens (tertiary/aromatic N) is 2. The average molecular weight is 370 g/mol. The normalized spacial score (nSPS) is 18.3. The van der Waals surface area contributed by atoms with Crippen molar-refractivity contribution in [3.63, 3.8) is 0 Å². The van der Waals surface area contributed by atoms with Crippen LogP contribution < -0.4 is 0 Å². The Bertz CT molecular complexity index is 670. The van der Waals surface area contributed by atoms with Crippen LogP contribution in [0, 0.1) is 0 Å². The first-order chi connectivity index (χ1) is 13.1. The van der Waals surface area contributed by atoms with Gasteiger partial charge in [-0.15, -0.1) is 0 Å². The molecular formula is C22H30N2O3. The lowest BCUT2D eigenvalue weighted by Crippen LogP contribution is -2.48. The topological polar surface area (TPSA) is 67.2 Å². The van der Waals surface area contributed by atoms with Gasteiger partial charge in [-0.3, -0.25) is 9.80 Å². The predicted octanol–water partition coefficient (Wildman–Crippen LogP) is 1.78. The minimum Gasteiger partial charge on any atom is -0.392 e. The van der Waals surface area contributed by atoms with E-state index in [0.717, 1.165) is 43.9 Å². The second-order valence-corrected chi connectivity index (χ2v) is 7.37. The summed E-state index contributed by atoms with van der Waals surface area (Å²) >= 11 is 0. The third-order valence-corrected chi connectivity index (χ3v) is 5.23. The maximum Gasteiger partial charge on any atom is 0.0815 e. The third kappa shape index (κ3) is 6.13. The molecular weight excluding hydrogens is 340 g/mol. The fourth-order valence-electron chi connectivity index (χ4n) is 3.58. The molecule has 2 unspecified atom stereocenters. The number of aliphatic hydroxyl groups is 3. The van der Waals surface area contributed by atoms with Gasteiger partial charge < -0.3 is 15.3 Å². The molecule has 0 spiro atoms. The lowest BCUT2D eigenvalue weighted by Gasteiger charge is -2.35. The molecule has 0 bridgehead atoms. The Kier molecular flexibility index (Phi) is 7.38. The molecule has 3 rings (SSSR count). The summed E-state index contributed by atoms with van der Waals surface area (Å²) < 4.78 is 0. The van der Waals surface area contributed by atoms with Crippen LogP contribution >= 0.6 is 0 Å². The molecule has 0 saturated carbocycles. The van der Waals surface area contributed by atoms with Crippen LogP contribution in [-0.4, -0.2) is 63.9 Å². The highest BCUT2D eigenvalue weighted by Crippen LogP contribution is 2.20. The average Bonchev–Trinajstić information content (AvgIpc) is 2.70. The molecule has 0 aromatic heterocycles. The third-order valence-electron chi connectivity index (χ3n) is 5.23. The summed E-state index contributed by atoms with van der Waals surface area (Å²) in [6.45, 7) is 5.41. The van der Waals surface area contributed by atoms with Crippen molar-refractivity contribution in [1.82, 2.24) is 9.80 Å². The van der Waals surface area contributed by atoms with Crippen LogP contribution in [-0.2, 0) is 13.2 Å². The summed E-state index contributed by atoms with van der Waals surface area (Å²) in [5.41, 5.74) is 2.93. The highest BCUT2D eigenvalue weighted by atomic mass is 16.3. The summed E-state index contributed by atoms with van der Waals surface area (Å²) in [7, 11) is 0. The van der Waals surface area contributed by atoms with Crippen molar-refractivity contribution < 1.29 is 15.3 Å². The van der Waals surface area contributed by atoms with Crippen LogP contribution in [0.2, 0.25) is 0 Å². The molecule has 1 fully saturated rings. The highest BCUT2D eigenvalue weighted by Gasteiger charge is 2.21. The zero-order chi connectivity index (χ0) is 19.1. The minimum absolute atomic E-state index is 0.00471. The van der Waals surface area contributed by atoms with Gasteiger partial charge in [0.2, 0.25) is 0 Å². The van der Waals surface area contributed by atoms with Crippen LogP contribution in [0.4, 0.5) is 0 Å². The summed E-state index contributed by atoms with van der Waals surface area (Å²) in [4.78, 5) is 4.71. The Morgan fingerprint density at radius 1 is 0.778 bits per heavy atom. The highest BCUT2D eigenvalue weighted by molar-refractivity contribution is 5.23.